The van der Waals surface area contributed by atoms with Crippen LogP contribution in [-0.4, -0.2) is 19.0 Å². The van der Waals surface area contributed by atoms with Crippen molar-refractivity contribution in [1.29, 1.82) is 0 Å². The maximum absolute atomic E-state index is 12.0. The molecule has 0 spiro atoms. The van der Waals surface area contributed by atoms with E-state index in [0.29, 0.717) is 59.3 Å². The fourth-order valence-corrected chi connectivity index (χ4v) is 2.69. The van der Waals surface area contributed by atoms with Crippen LogP contribution in [-0.2, 0) is 9.59 Å². The minimum atomic E-state index is -0.318. The summed E-state index contributed by atoms with van der Waals surface area (Å²) < 4.78 is 16.6. The average Bonchev–Trinajstić information content (AvgIpc) is 2.59. The summed E-state index contributed by atoms with van der Waals surface area (Å²) in [4.78, 5) is 24.0. The lowest BCUT2D eigenvalue weighted by atomic mass is 10.0. The van der Waals surface area contributed by atoms with Gasteiger partial charge in [-0.3, -0.25) is 9.59 Å². The zero-order valence-corrected chi connectivity index (χ0v) is 15.2. The van der Waals surface area contributed by atoms with Crippen LogP contribution >= 0.6 is 0 Å². The highest BCUT2D eigenvalue weighted by molar-refractivity contribution is 5.99. The van der Waals surface area contributed by atoms with Gasteiger partial charge in [-0.15, -0.1) is 0 Å². The summed E-state index contributed by atoms with van der Waals surface area (Å²) >= 11 is 0. The van der Waals surface area contributed by atoms with Crippen molar-refractivity contribution in [3.05, 3.63) is 29.8 Å². The van der Waals surface area contributed by atoms with Crippen molar-refractivity contribution in [2.75, 3.05) is 7.11 Å². The van der Waals surface area contributed by atoms with Gasteiger partial charge in [0.15, 0.2) is 11.5 Å². The number of methoxy groups -OCH3 is 1. The first-order chi connectivity index (χ1) is 12.0. The summed E-state index contributed by atoms with van der Waals surface area (Å²) in [5.74, 6) is 0.600. The van der Waals surface area contributed by atoms with Gasteiger partial charge in [-0.25, -0.2) is 0 Å². The Balaban J connectivity index is 2.62. The summed E-state index contributed by atoms with van der Waals surface area (Å²) in [5.41, 5.74) is 0.630. The van der Waals surface area contributed by atoms with E-state index in [0.717, 1.165) is 0 Å². The van der Waals surface area contributed by atoms with Gasteiger partial charge < -0.3 is 14.2 Å². The molecule has 0 fully saturated rings. The number of esters is 2. The molecular weight excluding hydrogens is 320 g/mol. The molecule has 5 heteroatoms. The Morgan fingerprint density at radius 3 is 1.80 bits per heavy atom. The minimum absolute atomic E-state index is 0.298. The van der Waals surface area contributed by atoms with E-state index in [-0.39, 0.29) is 11.9 Å². The largest absolute Gasteiger partial charge is 0.492 e. The van der Waals surface area contributed by atoms with E-state index in [1.807, 2.05) is 38.1 Å². The Bertz CT molecular complexity index is 779. The monoisotopic (exact) mass is 344 g/mol. The summed E-state index contributed by atoms with van der Waals surface area (Å²) in [6.07, 6.45) is 2.07. The number of fused-ring (bicyclic) bond motifs is 1. The maximum Gasteiger partial charge on any atom is 0.311 e. The van der Waals surface area contributed by atoms with Gasteiger partial charge in [-0.05, 0) is 19.8 Å². The van der Waals surface area contributed by atoms with Crippen molar-refractivity contribution >= 4 is 22.7 Å². The van der Waals surface area contributed by atoms with Gasteiger partial charge in [0.05, 0.1) is 7.11 Å². The Morgan fingerprint density at radius 1 is 0.840 bits per heavy atom. The van der Waals surface area contributed by atoms with Gasteiger partial charge in [-0.1, -0.05) is 38.1 Å². The van der Waals surface area contributed by atoms with Crippen LogP contribution in [0.2, 0.25) is 0 Å². The van der Waals surface area contributed by atoms with E-state index in [4.69, 9.17) is 14.2 Å². The van der Waals surface area contributed by atoms with Crippen LogP contribution in [0.1, 0.15) is 45.1 Å². The molecule has 2 aromatic rings. The molecular formula is C20H24O5. The smallest absolute Gasteiger partial charge is 0.311 e. The van der Waals surface area contributed by atoms with Crippen LogP contribution in [0.3, 0.4) is 0 Å². The number of hydrogen-bond donors (Lipinski definition) is 0. The summed E-state index contributed by atoms with van der Waals surface area (Å²) in [6.45, 7) is 5.62. The van der Waals surface area contributed by atoms with E-state index in [9.17, 15) is 9.59 Å². The quantitative estimate of drug-likeness (QED) is 0.544. The third kappa shape index (κ3) is 4.10. The zero-order valence-electron chi connectivity index (χ0n) is 15.2. The van der Waals surface area contributed by atoms with E-state index < -0.39 is 0 Å². The molecule has 2 aromatic carbocycles. The van der Waals surface area contributed by atoms with Gasteiger partial charge in [0, 0.05) is 29.2 Å². The van der Waals surface area contributed by atoms with E-state index in [1.165, 1.54) is 7.11 Å². The SMILES string of the molecule is CCCC(=O)Oc1c(C)c(OC)c(OC(=O)CCC)c2ccccc12. The molecule has 134 valence electrons. The molecule has 0 aliphatic heterocycles. The second-order valence-electron chi connectivity index (χ2n) is 5.81. The Morgan fingerprint density at radius 2 is 1.32 bits per heavy atom. The normalized spacial score (nSPS) is 10.6. The second kappa shape index (κ2) is 8.51. The molecule has 0 aromatic heterocycles. The molecule has 0 saturated carbocycles. The Labute approximate surface area is 147 Å². The molecule has 0 aliphatic carbocycles. The molecule has 0 unspecified atom stereocenters. The van der Waals surface area contributed by atoms with Crippen LogP contribution in [0, 0.1) is 6.92 Å². The average molecular weight is 344 g/mol. The van der Waals surface area contributed by atoms with Crippen LogP contribution < -0.4 is 14.2 Å². The van der Waals surface area contributed by atoms with Crippen molar-refractivity contribution in [3.63, 3.8) is 0 Å². The van der Waals surface area contributed by atoms with Gasteiger partial charge in [-0.2, -0.15) is 0 Å². The Kier molecular flexibility index (Phi) is 6.39. The van der Waals surface area contributed by atoms with Crippen molar-refractivity contribution in [3.8, 4) is 17.2 Å². The number of carbonyl (C=O) groups excluding carboxylic acids is 2. The van der Waals surface area contributed by atoms with E-state index >= 15 is 0 Å². The van der Waals surface area contributed by atoms with Gasteiger partial charge in [0.2, 0.25) is 0 Å². The third-order valence-corrected chi connectivity index (χ3v) is 3.85. The van der Waals surface area contributed by atoms with Gasteiger partial charge in [0.25, 0.3) is 0 Å². The molecule has 0 bridgehead atoms. The number of ether oxygens (including phenoxy) is 3. The maximum atomic E-state index is 12.0. The van der Waals surface area contributed by atoms with Crippen LogP contribution in [0.4, 0.5) is 0 Å². The number of rotatable bonds is 7. The first kappa shape index (κ1) is 18.8. The fraction of sp³-hybridized carbons (Fsp3) is 0.400. The molecule has 2 rings (SSSR count). The molecule has 0 heterocycles. The predicted octanol–water partition coefficient (Wildman–Crippen LogP) is 4.57. The zero-order chi connectivity index (χ0) is 18.4. The van der Waals surface area contributed by atoms with E-state index in [1.54, 1.807) is 6.92 Å². The molecule has 0 radical (unpaired) electrons. The molecule has 0 saturated heterocycles. The fourth-order valence-electron chi connectivity index (χ4n) is 2.69. The van der Waals surface area contributed by atoms with Gasteiger partial charge in [0.1, 0.15) is 5.75 Å². The molecule has 0 aliphatic rings. The summed E-state index contributed by atoms with van der Waals surface area (Å²) in [7, 11) is 1.51. The summed E-state index contributed by atoms with van der Waals surface area (Å²) in [5, 5.41) is 1.39. The minimum Gasteiger partial charge on any atom is -0.492 e. The van der Waals surface area contributed by atoms with E-state index in [2.05, 4.69) is 0 Å². The van der Waals surface area contributed by atoms with Crippen molar-refractivity contribution in [2.24, 2.45) is 0 Å². The standard InChI is InChI=1S/C20H24O5/c1-5-9-16(21)24-18-13(3)19(23-4)20(25-17(22)10-6-2)15-12-8-7-11-14(15)18/h7-8,11-12H,5-6,9-10H2,1-4H3. The lowest BCUT2D eigenvalue weighted by Gasteiger charge is -2.18. The van der Waals surface area contributed by atoms with Crippen molar-refractivity contribution in [1.82, 2.24) is 0 Å². The van der Waals surface area contributed by atoms with Crippen LogP contribution in [0.25, 0.3) is 10.8 Å². The van der Waals surface area contributed by atoms with Crippen molar-refractivity contribution in [2.45, 2.75) is 46.5 Å². The first-order valence-electron chi connectivity index (χ1n) is 8.54. The summed E-state index contributed by atoms with van der Waals surface area (Å²) in [6, 6.07) is 7.35. The number of carbonyl (C=O) groups is 2. The highest BCUT2D eigenvalue weighted by Gasteiger charge is 2.23. The molecule has 0 atom stereocenters. The second-order valence-corrected chi connectivity index (χ2v) is 5.81. The molecule has 25 heavy (non-hydrogen) atoms. The number of benzene rings is 2. The van der Waals surface area contributed by atoms with Crippen LogP contribution in [0.5, 0.6) is 17.2 Å². The number of hydrogen-bond acceptors (Lipinski definition) is 5. The highest BCUT2D eigenvalue weighted by Crippen LogP contribution is 2.45. The lowest BCUT2D eigenvalue weighted by molar-refractivity contribution is -0.135. The highest BCUT2D eigenvalue weighted by atomic mass is 16.6. The van der Waals surface area contributed by atoms with Crippen molar-refractivity contribution < 1.29 is 23.8 Å². The molecule has 0 N–H and O–H groups in total. The lowest BCUT2D eigenvalue weighted by Crippen LogP contribution is -2.11. The third-order valence-electron chi connectivity index (χ3n) is 3.85. The predicted molar refractivity (Wildman–Crippen MR) is 96.3 cm³/mol. The molecule has 5 nitrogen and oxygen atoms in total. The van der Waals surface area contributed by atoms with Gasteiger partial charge >= 0.3 is 11.9 Å². The molecule has 0 amide bonds. The first-order valence-corrected chi connectivity index (χ1v) is 8.54. The topological polar surface area (TPSA) is 61.8 Å². The Hall–Kier alpha value is -2.56. The van der Waals surface area contributed by atoms with Crippen LogP contribution in [0.15, 0.2) is 24.3 Å².